The molecule has 2 fully saturated rings. The third kappa shape index (κ3) is 5.31. The van der Waals surface area contributed by atoms with Gasteiger partial charge in [0.25, 0.3) is 5.91 Å². The van der Waals surface area contributed by atoms with Crippen molar-refractivity contribution < 1.29 is 23.6 Å². The van der Waals surface area contributed by atoms with E-state index in [4.69, 9.17) is 14.0 Å². The van der Waals surface area contributed by atoms with E-state index >= 15 is 0 Å². The number of hydrogen-bond acceptors (Lipinski definition) is 7. The van der Waals surface area contributed by atoms with Crippen molar-refractivity contribution >= 4 is 11.8 Å². The second-order valence-corrected chi connectivity index (χ2v) is 9.47. The number of carbonyl (C=O) groups excluding carboxylic acids is 2. The van der Waals surface area contributed by atoms with E-state index in [2.05, 4.69) is 10.1 Å². The molecule has 0 N–H and O–H groups in total. The van der Waals surface area contributed by atoms with Crippen LogP contribution in [0.5, 0.6) is 0 Å². The summed E-state index contributed by atoms with van der Waals surface area (Å²) in [4.78, 5) is 34.4. The van der Waals surface area contributed by atoms with Crippen molar-refractivity contribution in [2.75, 3.05) is 39.4 Å². The van der Waals surface area contributed by atoms with Crippen LogP contribution in [0.15, 0.2) is 29.0 Å². The van der Waals surface area contributed by atoms with E-state index in [-0.39, 0.29) is 24.5 Å². The topological polar surface area (TPSA) is 98.0 Å². The predicted octanol–water partition coefficient (Wildman–Crippen LogP) is 2.24. The van der Waals surface area contributed by atoms with Gasteiger partial charge in [-0.05, 0) is 49.7 Å². The van der Waals surface area contributed by atoms with Gasteiger partial charge < -0.3 is 23.8 Å². The summed E-state index contributed by atoms with van der Waals surface area (Å²) in [5.41, 5.74) is 2.21. The van der Waals surface area contributed by atoms with Crippen molar-refractivity contribution in [3.05, 3.63) is 47.1 Å². The molecule has 1 atom stereocenters. The van der Waals surface area contributed by atoms with Crippen LogP contribution in [0.4, 0.5) is 0 Å². The van der Waals surface area contributed by atoms with Crippen molar-refractivity contribution in [2.45, 2.75) is 51.2 Å². The van der Waals surface area contributed by atoms with E-state index in [1.54, 1.807) is 17.3 Å². The molecule has 3 aliphatic rings. The highest BCUT2D eigenvalue weighted by Gasteiger charge is 2.35. The van der Waals surface area contributed by atoms with Gasteiger partial charge in [0.2, 0.25) is 5.91 Å². The number of fused-ring (bicyclic) bond motifs is 1. The molecular formula is C25H32N4O5. The molecule has 0 aromatic carbocycles. The number of pyridine rings is 1. The van der Waals surface area contributed by atoms with Crippen LogP contribution in [-0.4, -0.2) is 77.3 Å². The van der Waals surface area contributed by atoms with Crippen LogP contribution < -0.4 is 0 Å². The van der Waals surface area contributed by atoms with E-state index < -0.39 is 0 Å². The minimum absolute atomic E-state index is 0.0242. The number of amides is 2. The first-order valence-electron chi connectivity index (χ1n) is 12.3. The molecule has 0 saturated carbocycles. The molecule has 1 aliphatic carbocycles. The monoisotopic (exact) mass is 468 g/mol. The fourth-order valence-corrected chi connectivity index (χ4v) is 5.06. The number of rotatable bonds is 6. The maximum Gasteiger partial charge on any atom is 0.276 e. The van der Waals surface area contributed by atoms with Gasteiger partial charge in [0, 0.05) is 57.2 Å². The lowest BCUT2D eigenvalue weighted by molar-refractivity contribution is -0.132. The Morgan fingerprint density at radius 1 is 1.18 bits per heavy atom. The van der Waals surface area contributed by atoms with Crippen LogP contribution in [0.25, 0.3) is 0 Å². The summed E-state index contributed by atoms with van der Waals surface area (Å²) >= 11 is 0. The van der Waals surface area contributed by atoms with Gasteiger partial charge in [-0.1, -0.05) is 11.2 Å². The summed E-state index contributed by atoms with van der Waals surface area (Å²) in [6.45, 7) is 3.31. The van der Waals surface area contributed by atoms with Crippen LogP contribution in [0, 0.1) is 5.92 Å². The molecule has 2 saturated heterocycles. The molecule has 1 unspecified atom stereocenters. The summed E-state index contributed by atoms with van der Waals surface area (Å²) in [6, 6.07) is 3.83. The van der Waals surface area contributed by atoms with Crippen molar-refractivity contribution in [1.29, 1.82) is 0 Å². The molecule has 9 nitrogen and oxygen atoms in total. The van der Waals surface area contributed by atoms with Crippen molar-refractivity contribution in [2.24, 2.45) is 5.92 Å². The Bertz CT molecular complexity index is 988. The maximum atomic E-state index is 13.5. The van der Waals surface area contributed by atoms with Crippen molar-refractivity contribution in [3.8, 4) is 0 Å². The number of hydrogen-bond donors (Lipinski definition) is 0. The SMILES string of the molecule is O=C1CN(C(=O)c2noc3c2CCCC3)CC(OCc2cccnc2)CN1CC1CCOCC1. The fraction of sp³-hybridized carbons (Fsp3) is 0.600. The van der Waals surface area contributed by atoms with Crippen LogP contribution >= 0.6 is 0 Å². The number of ether oxygens (including phenoxy) is 2. The zero-order valence-corrected chi connectivity index (χ0v) is 19.5. The Morgan fingerprint density at radius 2 is 2.03 bits per heavy atom. The third-order valence-electron chi connectivity index (χ3n) is 6.99. The number of nitrogens with zero attached hydrogens (tertiary/aromatic N) is 4. The second-order valence-electron chi connectivity index (χ2n) is 9.47. The molecule has 2 aromatic heterocycles. The van der Waals surface area contributed by atoms with Crippen LogP contribution in [-0.2, 0) is 33.7 Å². The molecule has 2 amide bonds. The highest BCUT2D eigenvalue weighted by Crippen LogP contribution is 2.26. The highest BCUT2D eigenvalue weighted by molar-refractivity contribution is 5.96. The molecule has 34 heavy (non-hydrogen) atoms. The molecule has 9 heteroatoms. The minimum Gasteiger partial charge on any atom is -0.381 e. The molecule has 5 rings (SSSR count). The Balaban J connectivity index is 1.33. The number of aromatic nitrogens is 2. The lowest BCUT2D eigenvalue weighted by Crippen LogP contribution is -2.42. The number of aryl methyl sites for hydroxylation is 1. The summed E-state index contributed by atoms with van der Waals surface area (Å²) < 4.78 is 17.2. The summed E-state index contributed by atoms with van der Waals surface area (Å²) in [7, 11) is 0. The standard InChI is InChI=1S/C25H32N4O5/c30-23-16-29(25(31)24-21-5-1-2-6-22(21)34-27-24)15-20(33-17-19-4-3-9-26-12-19)14-28(23)13-18-7-10-32-11-8-18/h3-4,9,12,18,20H,1-2,5-8,10-11,13-17H2. The molecule has 4 heterocycles. The third-order valence-corrected chi connectivity index (χ3v) is 6.99. The maximum absolute atomic E-state index is 13.5. The van der Waals surface area contributed by atoms with Crippen LogP contribution in [0.1, 0.15) is 53.1 Å². The number of carbonyl (C=O) groups is 2. The van der Waals surface area contributed by atoms with Crippen LogP contribution in [0.3, 0.4) is 0 Å². The Labute approximate surface area is 199 Å². The molecule has 0 bridgehead atoms. The van der Waals surface area contributed by atoms with E-state index in [9.17, 15) is 9.59 Å². The van der Waals surface area contributed by atoms with Gasteiger partial charge in [-0.15, -0.1) is 0 Å². The van der Waals surface area contributed by atoms with E-state index in [0.29, 0.717) is 37.9 Å². The van der Waals surface area contributed by atoms with Gasteiger partial charge >= 0.3 is 0 Å². The van der Waals surface area contributed by atoms with Crippen molar-refractivity contribution in [1.82, 2.24) is 19.9 Å². The molecule has 182 valence electrons. The molecule has 0 radical (unpaired) electrons. The first-order valence-corrected chi connectivity index (χ1v) is 12.3. The van der Waals surface area contributed by atoms with Crippen molar-refractivity contribution in [3.63, 3.8) is 0 Å². The Kier molecular flexibility index (Phi) is 7.20. The van der Waals surface area contributed by atoms with Gasteiger partial charge in [-0.2, -0.15) is 0 Å². The van der Waals surface area contributed by atoms with Gasteiger partial charge in [-0.25, -0.2) is 0 Å². The van der Waals surface area contributed by atoms with Gasteiger partial charge in [-0.3, -0.25) is 14.6 Å². The average Bonchev–Trinajstić information content (AvgIpc) is 3.24. The van der Waals surface area contributed by atoms with Gasteiger partial charge in [0.15, 0.2) is 5.69 Å². The normalized spacial score (nSPS) is 21.9. The minimum atomic E-state index is -0.307. The Hall–Kier alpha value is -2.78. The first-order chi connectivity index (χ1) is 16.7. The summed E-state index contributed by atoms with van der Waals surface area (Å²) in [5, 5.41) is 4.11. The fourth-order valence-electron chi connectivity index (χ4n) is 5.06. The zero-order chi connectivity index (χ0) is 23.3. The second kappa shape index (κ2) is 10.7. The highest BCUT2D eigenvalue weighted by atomic mass is 16.5. The molecule has 2 aromatic rings. The van der Waals surface area contributed by atoms with Gasteiger partial charge in [0.1, 0.15) is 12.3 Å². The Morgan fingerprint density at radius 3 is 2.85 bits per heavy atom. The molecule has 2 aliphatic heterocycles. The lowest BCUT2D eigenvalue weighted by Gasteiger charge is -2.30. The van der Waals surface area contributed by atoms with E-state index in [1.807, 2.05) is 17.0 Å². The lowest BCUT2D eigenvalue weighted by atomic mass is 9.96. The summed E-state index contributed by atoms with van der Waals surface area (Å²) in [6.07, 6.45) is 8.74. The average molecular weight is 469 g/mol. The molecule has 0 spiro atoms. The van der Waals surface area contributed by atoms with Gasteiger partial charge in [0.05, 0.1) is 12.7 Å². The summed E-state index contributed by atoms with van der Waals surface area (Å²) in [5.74, 6) is 0.913. The quantitative estimate of drug-likeness (QED) is 0.641. The zero-order valence-electron chi connectivity index (χ0n) is 19.5. The largest absolute Gasteiger partial charge is 0.381 e. The van der Waals surface area contributed by atoms with Crippen LogP contribution in [0.2, 0.25) is 0 Å². The van der Waals surface area contributed by atoms with E-state index in [0.717, 1.165) is 68.6 Å². The predicted molar refractivity (Wildman–Crippen MR) is 122 cm³/mol. The van der Waals surface area contributed by atoms with E-state index in [1.165, 1.54) is 0 Å². The molecular weight excluding hydrogens is 436 g/mol. The smallest absolute Gasteiger partial charge is 0.276 e. The first kappa shape index (κ1) is 23.0.